The molecule has 1 aliphatic heterocycles. The maximum absolute atomic E-state index is 12.5. The van der Waals surface area contributed by atoms with Gasteiger partial charge in [-0.05, 0) is 36.1 Å². The maximum atomic E-state index is 12.5. The lowest BCUT2D eigenvalue weighted by atomic mass is 10.0. The van der Waals surface area contributed by atoms with E-state index < -0.39 is 12.0 Å². The van der Waals surface area contributed by atoms with Gasteiger partial charge in [0, 0.05) is 16.3 Å². The van der Waals surface area contributed by atoms with Crippen LogP contribution in [-0.4, -0.2) is 53.9 Å². The summed E-state index contributed by atoms with van der Waals surface area (Å²) in [6, 6.07) is 11.4. The Bertz CT molecular complexity index is 1120. The summed E-state index contributed by atoms with van der Waals surface area (Å²) in [5, 5.41) is 0.842. The number of ether oxygens (including phenoxy) is 1. The van der Waals surface area contributed by atoms with Crippen molar-refractivity contribution in [1.29, 1.82) is 0 Å². The van der Waals surface area contributed by atoms with Crippen LogP contribution in [0.3, 0.4) is 0 Å². The van der Waals surface area contributed by atoms with Gasteiger partial charge in [0.05, 0.1) is 16.7 Å². The highest BCUT2D eigenvalue weighted by Crippen LogP contribution is 2.41. The van der Waals surface area contributed by atoms with Crippen LogP contribution in [0.1, 0.15) is 37.8 Å². The van der Waals surface area contributed by atoms with Crippen LogP contribution < -0.4 is 0 Å². The van der Waals surface area contributed by atoms with E-state index in [1.165, 1.54) is 10.5 Å². The van der Waals surface area contributed by atoms with Crippen LogP contribution in [0.4, 0.5) is 4.79 Å². The SMILES string of the molecule is CCOC(=O)CN1CC(=O)N(C/C=C/c2ccc(Sc3ccccc3C(C)C)c(Cl)c2Cl)C1=O. The highest BCUT2D eigenvalue weighted by molar-refractivity contribution is 7.99. The summed E-state index contributed by atoms with van der Waals surface area (Å²) in [7, 11) is 0. The van der Waals surface area contributed by atoms with Crippen LogP contribution in [0, 0.1) is 0 Å². The number of carbonyl (C=O) groups is 3. The van der Waals surface area contributed by atoms with Crippen LogP contribution in [-0.2, 0) is 14.3 Å². The number of urea groups is 1. The molecule has 0 N–H and O–H groups in total. The second-order valence-electron chi connectivity index (χ2n) is 7.93. The van der Waals surface area contributed by atoms with Crippen molar-refractivity contribution in [1.82, 2.24) is 9.80 Å². The lowest BCUT2D eigenvalue weighted by Gasteiger charge is -2.15. The van der Waals surface area contributed by atoms with Crippen LogP contribution in [0.25, 0.3) is 6.08 Å². The number of hydrogen-bond donors (Lipinski definition) is 0. The van der Waals surface area contributed by atoms with Gasteiger partial charge < -0.3 is 9.64 Å². The molecular formula is C25H26Cl2N2O4S. The number of esters is 1. The molecule has 0 spiro atoms. The third-order valence-electron chi connectivity index (χ3n) is 5.18. The van der Waals surface area contributed by atoms with Crippen molar-refractivity contribution in [3.63, 3.8) is 0 Å². The predicted molar refractivity (Wildman–Crippen MR) is 135 cm³/mol. The molecular weight excluding hydrogens is 495 g/mol. The fourth-order valence-corrected chi connectivity index (χ4v) is 5.17. The van der Waals surface area contributed by atoms with E-state index in [4.69, 9.17) is 27.9 Å². The normalized spacial score (nSPS) is 14.1. The van der Waals surface area contributed by atoms with E-state index in [1.807, 2.05) is 24.3 Å². The molecule has 34 heavy (non-hydrogen) atoms. The Morgan fingerprint density at radius 2 is 1.85 bits per heavy atom. The summed E-state index contributed by atoms with van der Waals surface area (Å²) >= 11 is 14.7. The fourth-order valence-electron chi connectivity index (χ4n) is 3.47. The number of carbonyl (C=O) groups excluding carboxylic acids is 3. The van der Waals surface area contributed by atoms with E-state index in [0.717, 1.165) is 14.7 Å². The average molecular weight is 521 g/mol. The molecule has 3 rings (SSSR count). The lowest BCUT2D eigenvalue weighted by Crippen LogP contribution is -2.36. The van der Waals surface area contributed by atoms with Gasteiger partial charge >= 0.3 is 12.0 Å². The number of imide groups is 1. The minimum absolute atomic E-state index is 0.0587. The van der Waals surface area contributed by atoms with Gasteiger partial charge in [-0.15, -0.1) is 0 Å². The Balaban J connectivity index is 1.68. The van der Waals surface area contributed by atoms with Crippen molar-refractivity contribution in [2.45, 2.75) is 36.5 Å². The van der Waals surface area contributed by atoms with Crippen LogP contribution in [0.15, 0.2) is 52.3 Å². The van der Waals surface area contributed by atoms with Crippen molar-refractivity contribution in [3.05, 3.63) is 63.6 Å². The molecule has 6 nitrogen and oxygen atoms in total. The van der Waals surface area contributed by atoms with Gasteiger partial charge in [0.1, 0.15) is 13.1 Å². The van der Waals surface area contributed by atoms with Gasteiger partial charge in [0.15, 0.2) is 0 Å². The Hall–Kier alpha value is -2.48. The first-order valence-electron chi connectivity index (χ1n) is 10.9. The van der Waals surface area contributed by atoms with Gasteiger partial charge in [-0.3, -0.25) is 14.5 Å². The molecule has 0 radical (unpaired) electrons. The molecule has 3 amide bonds. The van der Waals surface area contributed by atoms with Gasteiger partial charge in [-0.1, -0.05) is 85.2 Å². The van der Waals surface area contributed by atoms with E-state index in [2.05, 4.69) is 26.0 Å². The minimum atomic E-state index is -0.545. The Morgan fingerprint density at radius 3 is 2.56 bits per heavy atom. The van der Waals surface area contributed by atoms with E-state index in [9.17, 15) is 14.4 Å². The predicted octanol–water partition coefficient (Wildman–Crippen LogP) is 6.11. The number of benzene rings is 2. The van der Waals surface area contributed by atoms with Crippen molar-refractivity contribution >= 4 is 58.9 Å². The second-order valence-corrected chi connectivity index (χ2v) is 9.77. The van der Waals surface area contributed by atoms with Gasteiger partial charge in [-0.25, -0.2) is 4.79 Å². The summed E-state index contributed by atoms with van der Waals surface area (Å²) in [6.45, 7) is 5.84. The highest BCUT2D eigenvalue weighted by atomic mass is 35.5. The first-order valence-corrected chi connectivity index (χ1v) is 12.5. The second kappa shape index (κ2) is 11.8. The number of halogens is 2. The van der Waals surface area contributed by atoms with E-state index in [1.54, 1.807) is 30.8 Å². The molecule has 180 valence electrons. The first kappa shape index (κ1) is 26.1. The molecule has 1 aliphatic rings. The van der Waals surface area contributed by atoms with E-state index >= 15 is 0 Å². The number of amides is 3. The summed E-state index contributed by atoms with van der Waals surface area (Å²) in [6.07, 6.45) is 3.39. The average Bonchev–Trinajstić information content (AvgIpc) is 3.06. The topological polar surface area (TPSA) is 66.9 Å². The summed E-state index contributed by atoms with van der Waals surface area (Å²) in [4.78, 5) is 40.5. The number of nitrogens with zero attached hydrogens (tertiary/aromatic N) is 2. The minimum Gasteiger partial charge on any atom is -0.465 e. The van der Waals surface area contributed by atoms with Gasteiger partial charge in [0.25, 0.3) is 5.91 Å². The maximum Gasteiger partial charge on any atom is 0.328 e. The molecule has 1 fully saturated rings. The monoisotopic (exact) mass is 520 g/mol. The third kappa shape index (κ3) is 6.14. The van der Waals surface area contributed by atoms with Crippen LogP contribution in [0.5, 0.6) is 0 Å². The molecule has 0 unspecified atom stereocenters. The van der Waals surface area contributed by atoms with Crippen molar-refractivity contribution in [3.8, 4) is 0 Å². The van der Waals surface area contributed by atoms with Crippen molar-refractivity contribution < 1.29 is 19.1 Å². The van der Waals surface area contributed by atoms with Gasteiger partial charge in [0.2, 0.25) is 0 Å². The summed E-state index contributed by atoms with van der Waals surface area (Å²) in [5.74, 6) is -0.542. The third-order valence-corrected chi connectivity index (χ3v) is 7.34. The number of hydrogen-bond acceptors (Lipinski definition) is 5. The summed E-state index contributed by atoms with van der Waals surface area (Å²) < 4.78 is 4.85. The number of rotatable bonds is 9. The zero-order valence-corrected chi connectivity index (χ0v) is 21.5. The smallest absolute Gasteiger partial charge is 0.328 e. The zero-order valence-electron chi connectivity index (χ0n) is 19.2. The molecule has 1 heterocycles. The largest absolute Gasteiger partial charge is 0.465 e. The molecule has 2 aromatic rings. The molecule has 0 saturated carbocycles. The van der Waals surface area contributed by atoms with Crippen LogP contribution >= 0.6 is 35.0 Å². The molecule has 0 atom stereocenters. The standard InChI is InChI=1S/C25H26Cl2N2O4S/c1-4-33-22(31)15-28-14-21(30)29(25(28)32)13-7-8-17-11-12-20(24(27)23(17)26)34-19-10-6-5-9-18(19)16(2)3/h5-12,16H,4,13-15H2,1-3H3/b8-7+. The Kier molecular flexibility index (Phi) is 9.05. The van der Waals surface area contributed by atoms with Crippen LogP contribution in [0.2, 0.25) is 10.0 Å². The molecule has 0 aromatic heterocycles. The Morgan fingerprint density at radius 1 is 1.12 bits per heavy atom. The van der Waals surface area contributed by atoms with Gasteiger partial charge in [-0.2, -0.15) is 0 Å². The quantitative estimate of drug-likeness (QED) is 0.294. The molecule has 0 bridgehead atoms. The summed E-state index contributed by atoms with van der Waals surface area (Å²) in [5.41, 5.74) is 1.91. The molecule has 2 aromatic carbocycles. The van der Waals surface area contributed by atoms with Crippen molar-refractivity contribution in [2.75, 3.05) is 26.2 Å². The Labute approximate surface area is 213 Å². The van der Waals surface area contributed by atoms with E-state index in [0.29, 0.717) is 21.5 Å². The lowest BCUT2D eigenvalue weighted by molar-refractivity contribution is -0.143. The molecule has 1 saturated heterocycles. The van der Waals surface area contributed by atoms with E-state index in [-0.39, 0.29) is 32.1 Å². The molecule has 9 heteroatoms. The fraction of sp³-hybridized carbons (Fsp3) is 0.320. The molecule has 0 aliphatic carbocycles. The first-order chi connectivity index (χ1) is 16.2. The zero-order chi connectivity index (χ0) is 24.8. The van der Waals surface area contributed by atoms with Crippen molar-refractivity contribution in [2.24, 2.45) is 0 Å². The highest BCUT2D eigenvalue weighted by Gasteiger charge is 2.36.